The van der Waals surface area contributed by atoms with Crippen LogP contribution in [0.3, 0.4) is 0 Å². The third-order valence-electron chi connectivity index (χ3n) is 9.12. The number of hydrogen-bond acceptors (Lipinski definition) is 5. The molecule has 6 heteroatoms. The molecule has 5 aromatic carbocycles. The highest BCUT2D eigenvalue weighted by Gasteiger charge is 2.50. The molecular weight excluding hydrogens is 688 g/mol. The molecule has 0 unspecified atom stereocenters. The van der Waals surface area contributed by atoms with Crippen LogP contribution in [0.4, 0.5) is 0 Å². The van der Waals surface area contributed by atoms with Crippen molar-refractivity contribution in [2.45, 2.75) is 69.8 Å². The van der Waals surface area contributed by atoms with Gasteiger partial charge in [-0.1, -0.05) is 149 Å². The van der Waals surface area contributed by atoms with Crippen molar-refractivity contribution in [3.05, 3.63) is 190 Å². The number of halogens is 1. The molecule has 6 rings (SSSR count). The molecule has 1 aliphatic rings. The zero-order chi connectivity index (χ0) is 34.5. The Labute approximate surface area is 305 Å². The number of rotatable bonds is 16. The lowest BCUT2D eigenvalue weighted by Crippen LogP contribution is -2.62. The number of hydrogen-bond donors (Lipinski definition) is 0. The summed E-state index contributed by atoms with van der Waals surface area (Å²) in [5.74, 6) is -0.196. The third-order valence-corrected chi connectivity index (χ3v) is 9.61. The highest BCUT2D eigenvalue weighted by atomic mass is 79.9. The summed E-state index contributed by atoms with van der Waals surface area (Å²) in [4.78, 5) is 0. The molecule has 0 amide bonds. The lowest BCUT2D eigenvalue weighted by molar-refractivity contribution is -0.274. The molecule has 5 aromatic rings. The smallest absolute Gasteiger partial charge is 0.115 e. The van der Waals surface area contributed by atoms with Gasteiger partial charge in [0.2, 0.25) is 0 Å². The first kappa shape index (κ1) is 35.9. The lowest BCUT2D eigenvalue weighted by Gasteiger charge is -2.48. The van der Waals surface area contributed by atoms with Gasteiger partial charge >= 0.3 is 0 Å². The van der Waals surface area contributed by atoms with Gasteiger partial charge in [0.15, 0.2) is 0 Å². The second-order valence-electron chi connectivity index (χ2n) is 12.7. The highest BCUT2D eigenvalue weighted by molar-refractivity contribution is 9.10. The van der Waals surface area contributed by atoms with Gasteiger partial charge in [-0.05, 0) is 52.4 Å². The van der Waals surface area contributed by atoms with Gasteiger partial charge in [-0.15, -0.1) is 6.58 Å². The Kier molecular flexibility index (Phi) is 13.2. The van der Waals surface area contributed by atoms with Crippen molar-refractivity contribution in [3.8, 4) is 0 Å². The van der Waals surface area contributed by atoms with Gasteiger partial charge in [0, 0.05) is 10.4 Å². The van der Waals surface area contributed by atoms with E-state index in [1.165, 1.54) is 0 Å². The van der Waals surface area contributed by atoms with E-state index in [9.17, 15) is 0 Å². The van der Waals surface area contributed by atoms with E-state index in [4.69, 9.17) is 23.7 Å². The summed E-state index contributed by atoms with van der Waals surface area (Å²) >= 11 is 3.64. The Morgan fingerprint density at radius 3 is 1.56 bits per heavy atom. The Balaban J connectivity index is 1.38. The van der Waals surface area contributed by atoms with Crippen molar-refractivity contribution in [2.75, 3.05) is 6.61 Å². The first-order valence-electron chi connectivity index (χ1n) is 17.2. The van der Waals surface area contributed by atoms with Crippen LogP contribution in [0.5, 0.6) is 0 Å². The molecule has 1 saturated heterocycles. The molecule has 0 spiro atoms. The number of benzene rings is 5. The van der Waals surface area contributed by atoms with Crippen LogP contribution >= 0.6 is 15.9 Å². The van der Waals surface area contributed by atoms with E-state index in [2.05, 4.69) is 96.2 Å². The van der Waals surface area contributed by atoms with Crippen molar-refractivity contribution >= 4 is 15.9 Å². The summed E-state index contributed by atoms with van der Waals surface area (Å²) in [6.07, 6.45) is -0.424. The molecule has 50 heavy (non-hydrogen) atoms. The average molecular weight is 734 g/mol. The summed E-state index contributed by atoms with van der Waals surface area (Å²) in [7, 11) is 0. The summed E-state index contributed by atoms with van der Waals surface area (Å²) in [6, 6.07) is 47.2. The molecule has 258 valence electrons. The Morgan fingerprint density at radius 1 is 0.620 bits per heavy atom. The first-order valence-corrected chi connectivity index (χ1v) is 18.0. The van der Waals surface area contributed by atoms with E-state index in [1.54, 1.807) is 0 Å². The van der Waals surface area contributed by atoms with Crippen LogP contribution in [-0.2, 0) is 50.1 Å². The summed E-state index contributed by atoms with van der Waals surface area (Å²) in [6.45, 7) is 8.38. The predicted octanol–water partition coefficient (Wildman–Crippen LogP) is 9.77. The van der Waals surface area contributed by atoms with E-state index in [0.29, 0.717) is 33.0 Å². The SMILES string of the molecule is C=C[C@H](c1ccc(Br)cc1C)[C@H]1O[C@H](COCc2ccccc2)[C@@H](OCc2ccccc2)[C@H](OCc2ccccc2)[C@@H]1OCc1ccccc1. The van der Waals surface area contributed by atoms with Crippen LogP contribution in [0.1, 0.15) is 39.3 Å². The molecule has 0 bridgehead atoms. The van der Waals surface area contributed by atoms with Crippen LogP contribution in [0, 0.1) is 6.92 Å². The minimum Gasteiger partial charge on any atom is -0.374 e. The Bertz CT molecular complexity index is 1730. The normalized spacial score (nSPS) is 21.0. The first-order chi connectivity index (χ1) is 24.6. The Morgan fingerprint density at radius 2 is 1.08 bits per heavy atom. The maximum atomic E-state index is 7.16. The fraction of sp³-hybridized carbons (Fsp3) is 0.273. The minimum atomic E-state index is -0.504. The second kappa shape index (κ2) is 18.4. The molecule has 6 atom stereocenters. The van der Waals surface area contributed by atoms with Crippen molar-refractivity contribution in [1.29, 1.82) is 0 Å². The fourth-order valence-electron chi connectivity index (χ4n) is 6.57. The minimum absolute atomic E-state index is 0.196. The van der Waals surface area contributed by atoms with Gasteiger partial charge in [-0.3, -0.25) is 0 Å². The van der Waals surface area contributed by atoms with E-state index in [-0.39, 0.29) is 5.92 Å². The van der Waals surface area contributed by atoms with E-state index in [0.717, 1.165) is 37.9 Å². The molecule has 0 N–H and O–H groups in total. The fourth-order valence-corrected chi connectivity index (χ4v) is 7.04. The van der Waals surface area contributed by atoms with Gasteiger partial charge in [-0.25, -0.2) is 0 Å². The second-order valence-corrected chi connectivity index (χ2v) is 13.6. The third kappa shape index (κ3) is 9.67. The number of aryl methyl sites for hydroxylation is 1. The lowest BCUT2D eigenvalue weighted by atomic mass is 9.82. The zero-order valence-electron chi connectivity index (χ0n) is 28.5. The van der Waals surface area contributed by atoms with Gasteiger partial charge in [-0.2, -0.15) is 0 Å². The van der Waals surface area contributed by atoms with Gasteiger partial charge in [0.05, 0.1) is 39.1 Å². The van der Waals surface area contributed by atoms with Gasteiger partial charge in [0.25, 0.3) is 0 Å². The molecular formula is C44H45BrO5. The van der Waals surface area contributed by atoms with E-state index < -0.39 is 30.5 Å². The molecule has 1 fully saturated rings. The molecule has 5 nitrogen and oxygen atoms in total. The average Bonchev–Trinajstić information content (AvgIpc) is 3.15. The maximum absolute atomic E-state index is 7.16. The molecule has 0 aliphatic carbocycles. The summed E-state index contributed by atoms with van der Waals surface area (Å²) < 4.78 is 35.3. The van der Waals surface area contributed by atoms with Crippen molar-refractivity contribution in [2.24, 2.45) is 0 Å². The zero-order valence-corrected chi connectivity index (χ0v) is 30.1. The van der Waals surface area contributed by atoms with Crippen molar-refractivity contribution < 1.29 is 23.7 Å². The number of ether oxygens (including phenoxy) is 5. The molecule has 0 saturated carbocycles. The van der Waals surface area contributed by atoms with Crippen LogP contribution in [0.15, 0.2) is 157 Å². The van der Waals surface area contributed by atoms with Gasteiger partial charge < -0.3 is 23.7 Å². The topological polar surface area (TPSA) is 46.2 Å². The highest BCUT2D eigenvalue weighted by Crippen LogP contribution is 2.39. The van der Waals surface area contributed by atoms with E-state index in [1.807, 2.05) is 78.9 Å². The molecule has 1 heterocycles. The summed E-state index contributed by atoms with van der Waals surface area (Å²) in [5, 5.41) is 0. The predicted molar refractivity (Wildman–Crippen MR) is 202 cm³/mol. The van der Waals surface area contributed by atoms with Gasteiger partial charge in [0.1, 0.15) is 24.4 Å². The molecule has 0 radical (unpaired) electrons. The summed E-state index contributed by atoms with van der Waals surface area (Å²) in [5.41, 5.74) is 6.55. The standard InChI is InChI=1S/C44H45BrO5/c1-3-38(39-25-24-37(45)26-32(39)2)41-43(48-29-35-20-12-6-13-21-35)44(49-30-36-22-14-7-15-23-36)42(47-28-34-18-10-5-11-19-34)40(50-41)31-46-27-33-16-8-4-9-17-33/h3-26,38,40-44H,1,27-31H2,2H3/t38-,40-,41-,42-,43-,44+/m1/s1. The van der Waals surface area contributed by atoms with Crippen molar-refractivity contribution in [1.82, 2.24) is 0 Å². The quantitative estimate of drug-likeness (QED) is 0.0946. The van der Waals surface area contributed by atoms with Crippen LogP contribution in [0.25, 0.3) is 0 Å². The van der Waals surface area contributed by atoms with Crippen LogP contribution in [0.2, 0.25) is 0 Å². The van der Waals surface area contributed by atoms with E-state index >= 15 is 0 Å². The molecule has 0 aromatic heterocycles. The maximum Gasteiger partial charge on any atom is 0.115 e. The monoisotopic (exact) mass is 732 g/mol. The van der Waals surface area contributed by atoms with Crippen molar-refractivity contribution in [3.63, 3.8) is 0 Å². The van der Waals surface area contributed by atoms with Crippen LogP contribution in [-0.4, -0.2) is 37.1 Å². The molecule has 1 aliphatic heterocycles. The Hall–Kier alpha value is -3.88. The van der Waals surface area contributed by atoms with Crippen LogP contribution < -0.4 is 0 Å². The largest absolute Gasteiger partial charge is 0.374 e.